The minimum absolute atomic E-state index is 0.152. The van der Waals surface area contributed by atoms with Gasteiger partial charge < -0.3 is 25.0 Å². The number of fused-ring (bicyclic) bond motifs is 2. The summed E-state index contributed by atoms with van der Waals surface area (Å²) in [5, 5.41) is 25.7. The molecule has 2 aliphatic rings. The van der Waals surface area contributed by atoms with Crippen LogP contribution < -0.4 is 5.32 Å². The molecule has 2 aromatic carbocycles. The molecule has 0 spiro atoms. The van der Waals surface area contributed by atoms with Crippen molar-refractivity contribution in [3.63, 3.8) is 0 Å². The Labute approximate surface area is 243 Å². The Hall–Kier alpha value is -3.14. The third kappa shape index (κ3) is 7.99. The quantitative estimate of drug-likeness (QED) is 0.484. The lowest BCUT2D eigenvalue weighted by molar-refractivity contribution is -0.0166. The summed E-state index contributed by atoms with van der Waals surface area (Å²) in [6, 6.07) is 14.8. The van der Waals surface area contributed by atoms with Crippen LogP contribution in [0.25, 0.3) is 0 Å². The number of rotatable bonds is 6. The smallest absolute Gasteiger partial charge is 0.410 e. The number of hydrogen-bond acceptors (Lipinski definition) is 7. The van der Waals surface area contributed by atoms with E-state index >= 15 is 0 Å². The van der Waals surface area contributed by atoms with Crippen LogP contribution in [0.2, 0.25) is 0 Å². The summed E-state index contributed by atoms with van der Waals surface area (Å²) in [6.07, 6.45) is -1.76. The largest absolute Gasteiger partial charge is 0.444 e. The summed E-state index contributed by atoms with van der Waals surface area (Å²) in [5.41, 5.74) is 2.92. The minimum Gasteiger partial charge on any atom is -0.444 e. The van der Waals surface area contributed by atoms with E-state index in [1.54, 1.807) is 9.80 Å². The van der Waals surface area contributed by atoms with Crippen molar-refractivity contribution in [2.75, 3.05) is 13.1 Å². The van der Waals surface area contributed by atoms with E-state index in [1.807, 2.05) is 90.1 Å². The first kappa shape index (κ1) is 30.8. The van der Waals surface area contributed by atoms with E-state index in [0.717, 1.165) is 22.3 Å². The second kappa shape index (κ2) is 12.4. The van der Waals surface area contributed by atoms with Crippen molar-refractivity contribution in [2.45, 2.75) is 103 Å². The molecule has 41 heavy (non-hydrogen) atoms. The maximum Gasteiger partial charge on any atom is 0.410 e. The van der Waals surface area contributed by atoms with Gasteiger partial charge in [0.1, 0.15) is 11.2 Å². The number of amides is 2. The number of carbonyl (C=O) groups is 2. The summed E-state index contributed by atoms with van der Waals surface area (Å²) in [5.74, 6) is 0. The van der Waals surface area contributed by atoms with Crippen molar-refractivity contribution in [2.24, 2.45) is 0 Å². The van der Waals surface area contributed by atoms with E-state index < -0.39 is 47.7 Å². The molecule has 2 heterocycles. The van der Waals surface area contributed by atoms with Gasteiger partial charge in [-0.05, 0) is 76.6 Å². The van der Waals surface area contributed by atoms with E-state index in [2.05, 4.69) is 5.32 Å². The van der Waals surface area contributed by atoms with Crippen LogP contribution in [0, 0.1) is 0 Å². The highest BCUT2D eigenvalue weighted by atomic mass is 16.6. The number of aliphatic hydroxyl groups excluding tert-OH is 2. The standard InChI is InChI=1S/C32H45N3O6/c1-31(2,3)40-29(38)34-19-23-13-9-7-11-21(23)15-25(34)27(36)17-33-18-28(37)26-16-22-12-8-10-14-24(22)20-35(26)30(39)41-32(4,5)6/h7-14,25-28,33,36-37H,15-20H2,1-6H3/t25-,26-,27-,28-/m0/s1. The van der Waals surface area contributed by atoms with Crippen LogP contribution in [0.1, 0.15) is 63.8 Å². The van der Waals surface area contributed by atoms with E-state index in [9.17, 15) is 19.8 Å². The summed E-state index contributed by atoms with van der Waals surface area (Å²) >= 11 is 0. The third-order valence-electron chi connectivity index (χ3n) is 7.43. The highest BCUT2D eigenvalue weighted by Crippen LogP contribution is 2.28. The van der Waals surface area contributed by atoms with Gasteiger partial charge >= 0.3 is 12.2 Å². The molecule has 9 heteroatoms. The van der Waals surface area contributed by atoms with Gasteiger partial charge in [0, 0.05) is 26.2 Å². The zero-order valence-electron chi connectivity index (χ0n) is 25.1. The molecule has 0 radical (unpaired) electrons. The van der Waals surface area contributed by atoms with Crippen molar-refractivity contribution >= 4 is 12.2 Å². The normalized spacial score (nSPS) is 20.5. The number of carbonyl (C=O) groups excluding carboxylic acids is 2. The van der Waals surface area contributed by atoms with Gasteiger partial charge in [-0.3, -0.25) is 9.80 Å². The van der Waals surface area contributed by atoms with Crippen LogP contribution in [-0.4, -0.2) is 80.8 Å². The molecule has 9 nitrogen and oxygen atoms in total. The van der Waals surface area contributed by atoms with Crippen LogP contribution in [0.5, 0.6) is 0 Å². The van der Waals surface area contributed by atoms with Crippen LogP contribution in [-0.2, 0) is 35.4 Å². The Morgan fingerprint density at radius 2 is 1.07 bits per heavy atom. The Kier molecular flexibility index (Phi) is 9.31. The summed E-state index contributed by atoms with van der Waals surface area (Å²) in [6.45, 7) is 11.9. The van der Waals surface area contributed by atoms with Crippen molar-refractivity contribution in [1.29, 1.82) is 0 Å². The molecule has 224 valence electrons. The van der Waals surface area contributed by atoms with Gasteiger partial charge in [-0.25, -0.2) is 9.59 Å². The molecule has 0 aromatic heterocycles. The zero-order chi connectivity index (χ0) is 29.9. The molecule has 2 aromatic rings. The van der Waals surface area contributed by atoms with Crippen molar-refractivity contribution in [3.05, 3.63) is 70.8 Å². The SMILES string of the molecule is CC(C)(C)OC(=O)N1Cc2ccccc2C[C@H]1[C@@H](O)CNC[C@H](O)[C@@H]1Cc2ccccc2CN1C(=O)OC(C)(C)C. The van der Waals surface area contributed by atoms with E-state index in [1.165, 1.54) is 0 Å². The van der Waals surface area contributed by atoms with Crippen molar-refractivity contribution in [1.82, 2.24) is 15.1 Å². The fraction of sp³-hybridized carbons (Fsp3) is 0.562. The Balaban J connectivity index is 1.43. The minimum atomic E-state index is -0.905. The lowest BCUT2D eigenvalue weighted by Crippen LogP contribution is -2.56. The topological polar surface area (TPSA) is 112 Å². The predicted molar refractivity (Wildman–Crippen MR) is 156 cm³/mol. The van der Waals surface area contributed by atoms with Crippen LogP contribution in [0.3, 0.4) is 0 Å². The molecule has 4 rings (SSSR count). The van der Waals surface area contributed by atoms with Gasteiger partial charge in [0.15, 0.2) is 0 Å². The van der Waals surface area contributed by atoms with Crippen molar-refractivity contribution < 1.29 is 29.3 Å². The van der Waals surface area contributed by atoms with Gasteiger partial charge in [-0.15, -0.1) is 0 Å². The van der Waals surface area contributed by atoms with Gasteiger partial charge in [-0.1, -0.05) is 48.5 Å². The Bertz CT molecular complexity index is 1130. The maximum atomic E-state index is 13.1. The third-order valence-corrected chi connectivity index (χ3v) is 7.43. The van der Waals surface area contributed by atoms with Gasteiger partial charge in [0.25, 0.3) is 0 Å². The molecule has 3 N–H and O–H groups in total. The molecule has 2 amide bonds. The Morgan fingerprint density at radius 1 is 0.732 bits per heavy atom. The fourth-order valence-electron chi connectivity index (χ4n) is 5.47. The van der Waals surface area contributed by atoms with Crippen LogP contribution in [0.15, 0.2) is 48.5 Å². The van der Waals surface area contributed by atoms with E-state index in [0.29, 0.717) is 25.9 Å². The molecule has 0 aliphatic carbocycles. The second-order valence-electron chi connectivity index (χ2n) is 13.1. The lowest BCUT2D eigenvalue weighted by atomic mass is 9.90. The molecule has 0 unspecified atom stereocenters. The molecule has 0 fully saturated rings. The number of benzene rings is 2. The highest BCUT2D eigenvalue weighted by Gasteiger charge is 2.38. The van der Waals surface area contributed by atoms with Crippen LogP contribution in [0.4, 0.5) is 9.59 Å². The number of aliphatic hydroxyl groups is 2. The summed E-state index contributed by atoms with van der Waals surface area (Å²) in [4.78, 5) is 29.4. The van der Waals surface area contributed by atoms with Crippen LogP contribution >= 0.6 is 0 Å². The molecule has 0 bridgehead atoms. The highest BCUT2D eigenvalue weighted by molar-refractivity contribution is 5.70. The average molecular weight is 568 g/mol. The molecular formula is C32H45N3O6. The summed E-state index contributed by atoms with van der Waals surface area (Å²) < 4.78 is 11.3. The lowest BCUT2D eigenvalue weighted by Gasteiger charge is -2.41. The maximum absolute atomic E-state index is 13.1. The Morgan fingerprint density at radius 3 is 1.41 bits per heavy atom. The van der Waals surface area contributed by atoms with Gasteiger partial charge in [0.05, 0.1) is 24.3 Å². The first-order valence-electron chi connectivity index (χ1n) is 14.4. The van der Waals surface area contributed by atoms with Gasteiger partial charge in [-0.2, -0.15) is 0 Å². The number of hydrogen-bond donors (Lipinski definition) is 3. The molecule has 0 saturated heterocycles. The zero-order valence-corrected chi connectivity index (χ0v) is 25.1. The first-order valence-corrected chi connectivity index (χ1v) is 14.4. The number of ether oxygens (including phenoxy) is 2. The number of nitrogens with zero attached hydrogens (tertiary/aromatic N) is 2. The summed E-state index contributed by atoms with van der Waals surface area (Å²) in [7, 11) is 0. The molecule has 0 saturated carbocycles. The second-order valence-corrected chi connectivity index (χ2v) is 13.1. The average Bonchev–Trinajstić information content (AvgIpc) is 2.89. The van der Waals surface area contributed by atoms with E-state index in [-0.39, 0.29) is 13.1 Å². The molecule has 2 aliphatic heterocycles. The molecular weight excluding hydrogens is 522 g/mol. The van der Waals surface area contributed by atoms with E-state index in [4.69, 9.17) is 9.47 Å². The number of nitrogens with one attached hydrogen (secondary N) is 1. The first-order chi connectivity index (χ1) is 19.2. The predicted octanol–water partition coefficient (Wildman–Crippen LogP) is 4.02. The van der Waals surface area contributed by atoms with Crippen molar-refractivity contribution in [3.8, 4) is 0 Å². The fourth-order valence-corrected chi connectivity index (χ4v) is 5.47. The van der Waals surface area contributed by atoms with Gasteiger partial charge in [0.2, 0.25) is 0 Å². The molecule has 4 atom stereocenters. The monoisotopic (exact) mass is 567 g/mol.